The molecule has 5 heteroatoms. The number of carbonyl (C=O) groups is 1. The van der Waals surface area contributed by atoms with Crippen LogP contribution >= 0.6 is 0 Å². The van der Waals surface area contributed by atoms with Crippen molar-refractivity contribution < 1.29 is 4.79 Å². The second-order valence-electron chi connectivity index (χ2n) is 5.44. The Balaban J connectivity index is 1.79. The van der Waals surface area contributed by atoms with E-state index in [4.69, 9.17) is 0 Å². The van der Waals surface area contributed by atoms with Gasteiger partial charge in [-0.2, -0.15) is 0 Å². The third-order valence-corrected chi connectivity index (χ3v) is 4.06. The smallest absolute Gasteiger partial charge is 0.238 e. The van der Waals surface area contributed by atoms with E-state index in [-0.39, 0.29) is 11.9 Å². The van der Waals surface area contributed by atoms with Crippen LogP contribution in [0.2, 0.25) is 0 Å². The number of nitrogens with one attached hydrogen (secondary N) is 3. The standard InChI is InChI=1S/C16H22N4O/c1-2-18-16(21)15-10-17-7-8-20(15)11-12-9-19-14-6-4-3-5-13(12)14/h3-6,9,15,17,19H,2,7-8,10-11H2,1H3,(H,18,21). The van der Waals surface area contributed by atoms with Crippen molar-refractivity contribution >= 4 is 16.8 Å². The quantitative estimate of drug-likeness (QED) is 0.788. The van der Waals surface area contributed by atoms with Gasteiger partial charge in [0.05, 0.1) is 0 Å². The van der Waals surface area contributed by atoms with Gasteiger partial charge in [-0.3, -0.25) is 9.69 Å². The first-order valence-corrected chi connectivity index (χ1v) is 7.57. The van der Waals surface area contributed by atoms with E-state index in [1.54, 1.807) is 0 Å². The molecule has 0 radical (unpaired) electrons. The van der Waals surface area contributed by atoms with Crippen molar-refractivity contribution in [2.45, 2.75) is 19.5 Å². The van der Waals surface area contributed by atoms with Crippen LogP contribution < -0.4 is 10.6 Å². The van der Waals surface area contributed by atoms with Gasteiger partial charge in [0.1, 0.15) is 6.04 Å². The minimum absolute atomic E-state index is 0.0904. The Morgan fingerprint density at radius 1 is 1.43 bits per heavy atom. The van der Waals surface area contributed by atoms with Gasteiger partial charge in [-0.25, -0.2) is 0 Å². The van der Waals surface area contributed by atoms with E-state index < -0.39 is 0 Å². The zero-order valence-electron chi connectivity index (χ0n) is 12.4. The zero-order chi connectivity index (χ0) is 14.7. The number of hydrogen-bond donors (Lipinski definition) is 3. The number of carbonyl (C=O) groups excluding carboxylic acids is 1. The second kappa shape index (κ2) is 6.28. The minimum Gasteiger partial charge on any atom is -0.361 e. The van der Waals surface area contributed by atoms with E-state index in [2.05, 4.69) is 44.9 Å². The summed E-state index contributed by atoms with van der Waals surface area (Å²) in [4.78, 5) is 17.8. The average molecular weight is 286 g/mol. The summed E-state index contributed by atoms with van der Waals surface area (Å²) in [5.41, 5.74) is 2.40. The van der Waals surface area contributed by atoms with Crippen molar-refractivity contribution in [2.24, 2.45) is 0 Å². The van der Waals surface area contributed by atoms with Crippen LogP contribution in [0, 0.1) is 0 Å². The molecule has 0 aliphatic carbocycles. The first-order chi connectivity index (χ1) is 10.3. The minimum atomic E-state index is -0.0904. The first-order valence-electron chi connectivity index (χ1n) is 7.57. The van der Waals surface area contributed by atoms with Crippen LogP contribution in [0.1, 0.15) is 12.5 Å². The molecule has 2 heterocycles. The number of aromatic amines is 1. The Labute approximate surface area is 124 Å². The first kappa shape index (κ1) is 14.1. The number of hydrogen-bond acceptors (Lipinski definition) is 3. The molecule has 1 aromatic heterocycles. The lowest BCUT2D eigenvalue weighted by Crippen LogP contribution is -2.57. The number of benzene rings is 1. The van der Waals surface area contributed by atoms with Crippen molar-refractivity contribution in [2.75, 3.05) is 26.2 Å². The van der Waals surface area contributed by atoms with Crippen LogP contribution in [-0.2, 0) is 11.3 Å². The van der Waals surface area contributed by atoms with E-state index >= 15 is 0 Å². The Morgan fingerprint density at radius 3 is 3.14 bits per heavy atom. The van der Waals surface area contributed by atoms with Gasteiger partial charge in [-0.05, 0) is 18.6 Å². The highest BCUT2D eigenvalue weighted by atomic mass is 16.2. The molecule has 21 heavy (non-hydrogen) atoms. The molecule has 1 atom stereocenters. The lowest BCUT2D eigenvalue weighted by Gasteiger charge is -2.35. The fourth-order valence-electron chi connectivity index (χ4n) is 2.97. The molecule has 1 aliphatic heterocycles. The molecular weight excluding hydrogens is 264 g/mol. The molecule has 1 fully saturated rings. The normalized spacial score (nSPS) is 19.8. The summed E-state index contributed by atoms with van der Waals surface area (Å²) in [5, 5.41) is 7.49. The van der Waals surface area contributed by atoms with Gasteiger partial charge < -0.3 is 15.6 Å². The fraction of sp³-hybridized carbons (Fsp3) is 0.438. The molecule has 0 spiro atoms. The summed E-state index contributed by atoms with van der Waals surface area (Å²) in [6, 6.07) is 8.21. The van der Waals surface area contributed by atoms with Crippen molar-refractivity contribution in [3.63, 3.8) is 0 Å². The number of rotatable bonds is 4. The number of aromatic nitrogens is 1. The number of piperazine rings is 1. The van der Waals surface area contributed by atoms with E-state index in [9.17, 15) is 4.79 Å². The van der Waals surface area contributed by atoms with Crippen LogP contribution in [0.3, 0.4) is 0 Å². The third kappa shape index (κ3) is 2.94. The van der Waals surface area contributed by atoms with Crippen molar-refractivity contribution in [3.05, 3.63) is 36.0 Å². The largest absolute Gasteiger partial charge is 0.361 e. The van der Waals surface area contributed by atoms with Gasteiger partial charge in [0.2, 0.25) is 5.91 Å². The summed E-state index contributed by atoms with van der Waals surface area (Å²) >= 11 is 0. The number of likely N-dealkylation sites (N-methyl/N-ethyl adjacent to an activating group) is 1. The fourth-order valence-corrected chi connectivity index (χ4v) is 2.97. The molecule has 1 amide bonds. The zero-order valence-corrected chi connectivity index (χ0v) is 12.4. The molecule has 3 N–H and O–H groups in total. The second-order valence-corrected chi connectivity index (χ2v) is 5.44. The maximum Gasteiger partial charge on any atom is 0.238 e. The molecule has 0 saturated carbocycles. The summed E-state index contributed by atoms with van der Waals surface area (Å²) < 4.78 is 0. The Kier molecular flexibility index (Phi) is 4.22. The highest BCUT2D eigenvalue weighted by Crippen LogP contribution is 2.20. The Morgan fingerprint density at radius 2 is 2.29 bits per heavy atom. The van der Waals surface area contributed by atoms with E-state index in [0.29, 0.717) is 13.1 Å². The lowest BCUT2D eigenvalue weighted by atomic mass is 10.1. The van der Waals surface area contributed by atoms with Gasteiger partial charge in [0, 0.05) is 49.8 Å². The molecule has 2 aromatic rings. The van der Waals surface area contributed by atoms with Crippen LogP contribution in [0.15, 0.2) is 30.5 Å². The number of H-pyrrole nitrogens is 1. The molecule has 112 valence electrons. The summed E-state index contributed by atoms with van der Waals surface area (Å²) in [6.45, 7) is 5.97. The molecule has 5 nitrogen and oxygen atoms in total. The van der Waals surface area contributed by atoms with Gasteiger partial charge >= 0.3 is 0 Å². The van der Waals surface area contributed by atoms with Crippen LogP contribution in [0.25, 0.3) is 10.9 Å². The van der Waals surface area contributed by atoms with E-state index in [0.717, 1.165) is 25.2 Å². The van der Waals surface area contributed by atoms with Crippen LogP contribution in [0.5, 0.6) is 0 Å². The van der Waals surface area contributed by atoms with E-state index in [1.807, 2.05) is 13.0 Å². The predicted octanol–water partition coefficient (Wildman–Crippen LogP) is 1.08. The highest BCUT2D eigenvalue weighted by Gasteiger charge is 2.28. The van der Waals surface area contributed by atoms with E-state index in [1.165, 1.54) is 10.9 Å². The topological polar surface area (TPSA) is 60.2 Å². The number of amides is 1. The third-order valence-electron chi connectivity index (χ3n) is 4.06. The number of fused-ring (bicyclic) bond motifs is 1. The van der Waals surface area contributed by atoms with Gasteiger partial charge in [0.15, 0.2) is 0 Å². The molecule has 1 saturated heterocycles. The molecule has 0 bridgehead atoms. The number of nitrogens with zero attached hydrogens (tertiary/aromatic N) is 1. The Bertz CT molecular complexity index is 622. The maximum absolute atomic E-state index is 12.2. The van der Waals surface area contributed by atoms with Gasteiger partial charge in [-0.1, -0.05) is 18.2 Å². The van der Waals surface area contributed by atoms with Crippen molar-refractivity contribution in [3.8, 4) is 0 Å². The lowest BCUT2D eigenvalue weighted by molar-refractivity contribution is -0.127. The van der Waals surface area contributed by atoms with Crippen molar-refractivity contribution in [1.82, 2.24) is 20.5 Å². The predicted molar refractivity (Wildman–Crippen MR) is 84.1 cm³/mol. The molecule has 3 rings (SSSR count). The average Bonchev–Trinajstić information content (AvgIpc) is 2.91. The molecular formula is C16H22N4O. The monoisotopic (exact) mass is 286 g/mol. The van der Waals surface area contributed by atoms with Crippen LogP contribution in [0.4, 0.5) is 0 Å². The summed E-state index contributed by atoms with van der Waals surface area (Å²) in [7, 11) is 0. The highest BCUT2D eigenvalue weighted by molar-refractivity contribution is 5.84. The maximum atomic E-state index is 12.2. The summed E-state index contributed by atoms with van der Waals surface area (Å²) in [5.74, 6) is 0.115. The van der Waals surface area contributed by atoms with Crippen molar-refractivity contribution in [1.29, 1.82) is 0 Å². The van der Waals surface area contributed by atoms with Crippen LogP contribution in [-0.4, -0.2) is 48.0 Å². The van der Waals surface area contributed by atoms with Gasteiger partial charge in [0.25, 0.3) is 0 Å². The Hall–Kier alpha value is -1.85. The molecule has 1 aromatic carbocycles. The SMILES string of the molecule is CCNC(=O)C1CNCCN1Cc1c[nH]c2ccccc12. The molecule has 1 unspecified atom stereocenters. The summed E-state index contributed by atoms with van der Waals surface area (Å²) in [6.07, 6.45) is 2.06. The van der Waals surface area contributed by atoms with Gasteiger partial charge in [-0.15, -0.1) is 0 Å². The molecule has 1 aliphatic rings. The number of para-hydroxylation sites is 1.